The Bertz CT molecular complexity index is 1310. The number of nitrogens with zero attached hydrogens (tertiary/aromatic N) is 4. The van der Waals surface area contributed by atoms with Crippen LogP contribution >= 0.6 is 0 Å². The van der Waals surface area contributed by atoms with Crippen LogP contribution in [0, 0.1) is 0 Å². The van der Waals surface area contributed by atoms with Gasteiger partial charge in [-0.05, 0) is 23.8 Å². The van der Waals surface area contributed by atoms with Gasteiger partial charge in [-0.2, -0.15) is 5.10 Å². The van der Waals surface area contributed by atoms with Crippen molar-refractivity contribution in [2.75, 3.05) is 6.79 Å². The molecule has 0 amide bonds. The minimum atomic E-state index is -0.418. The number of ether oxygens (including phenoxy) is 3. The zero-order valence-corrected chi connectivity index (χ0v) is 16.6. The average Bonchev–Trinajstić information content (AvgIpc) is 3.57. The standard InChI is InChI=1S/C21H19N7O3/c1-28-10-14(8-25-28)13-5-15-16(9-23-19(15)22-7-13)20-26-27-21(31-20)24-6-12-2-3-17-18(4-12)30-11-29-17/h2-5,7-10,20,26H,6,11H2,1H3,(H,22,23)(H,24,27). The van der Waals surface area contributed by atoms with Gasteiger partial charge in [-0.25, -0.2) is 4.98 Å². The molecule has 10 heteroatoms. The summed E-state index contributed by atoms with van der Waals surface area (Å²) in [5.74, 6) is 1.51. The molecule has 10 nitrogen and oxygen atoms in total. The van der Waals surface area contributed by atoms with Crippen LogP contribution in [-0.4, -0.2) is 32.6 Å². The van der Waals surface area contributed by atoms with Crippen molar-refractivity contribution in [3.8, 4) is 22.6 Å². The van der Waals surface area contributed by atoms with Crippen LogP contribution in [0.1, 0.15) is 17.4 Å². The molecule has 2 aliphatic rings. The summed E-state index contributed by atoms with van der Waals surface area (Å²) in [5, 5.41) is 12.7. The average molecular weight is 417 g/mol. The lowest BCUT2D eigenvalue weighted by molar-refractivity contribution is 0.174. The number of aromatic nitrogens is 4. The first-order chi connectivity index (χ1) is 15.2. The Balaban J connectivity index is 1.17. The van der Waals surface area contributed by atoms with Gasteiger partial charge < -0.3 is 24.5 Å². The highest BCUT2D eigenvalue weighted by Crippen LogP contribution is 2.33. The molecule has 0 spiro atoms. The summed E-state index contributed by atoms with van der Waals surface area (Å²) >= 11 is 0. The monoisotopic (exact) mass is 417 g/mol. The van der Waals surface area contributed by atoms with Crippen LogP contribution < -0.4 is 20.2 Å². The lowest BCUT2D eigenvalue weighted by atomic mass is 10.1. The van der Waals surface area contributed by atoms with E-state index < -0.39 is 6.23 Å². The molecule has 31 heavy (non-hydrogen) atoms. The van der Waals surface area contributed by atoms with E-state index in [1.54, 1.807) is 4.68 Å². The number of H-pyrrole nitrogens is 1. The van der Waals surface area contributed by atoms with E-state index in [0.717, 1.165) is 44.8 Å². The maximum absolute atomic E-state index is 5.99. The molecule has 3 aromatic heterocycles. The van der Waals surface area contributed by atoms with Crippen LogP contribution in [-0.2, 0) is 18.3 Å². The van der Waals surface area contributed by atoms with Crippen molar-refractivity contribution in [2.24, 2.45) is 12.1 Å². The molecule has 156 valence electrons. The highest BCUT2D eigenvalue weighted by molar-refractivity contribution is 5.85. The lowest BCUT2D eigenvalue weighted by Crippen LogP contribution is -2.23. The van der Waals surface area contributed by atoms with E-state index in [-0.39, 0.29) is 6.79 Å². The Labute approximate surface area is 176 Å². The number of aromatic amines is 1. The predicted molar refractivity (Wildman–Crippen MR) is 112 cm³/mol. The number of pyridine rings is 1. The van der Waals surface area contributed by atoms with Gasteiger partial charge in [0.1, 0.15) is 5.65 Å². The van der Waals surface area contributed by atoms with Gasteiger partial charge >= 0.3 is 6.02 Å². The van der Waals surface area contributed by atoms with Gasteiger partial charge in [0.15, 0.2) is 11.5 Å². The number of nitrogens with one attached hydrogen (secondary N) is 3. The molecule has 0 bridgehead atoms. The maximum Gasteiger partial charge on any atom is 0.309 e. The molecule has 0 saturated carbocycles. The Morgan fingerprint density at radius 2 is 2.10 bits per heavy atom. The molecule has 1 unspecified atom stereocenters. The molecular formula is C21H19N7O3. The number of hydrazone groups is 1. The number of hydrogen-bond donors (Lipinski definition) is 3. The largest absolute Gasteiger partial charge is 0.454 e. The molecule has 3 N–H and O–H groups in total. The summed E-state index contributed by atoms with van der Waals surface area (Å²) in [6.07, 6.45) is 7.08. The Morgan fingerprint density at radius 3 is 3.00 bits per heavy atom. The lowest BCUT2D eigenvalue weighted by Gasteiger charge is -2.11. The van der Waals surface area contributed by atoms with Gasteiger partial charge in [-0.15, -0.1) is 5.10 Å². The summed E-state index contributed by atoms with van der Waals surface area (Å²) in [6, 6.07) is 8.33. The van der Waals surface area contributed by atoms with Crippen molar-refractivity contribution in [1.29, 1.82) is 0 Å². The van der Waals surface area contributed by atoms with Crippen LogP contribution in [0.5, 0.6) is 11.5 Å². The second kappa shape index (κ2) is 6.94. The summed E-state index contributed by atoms with van der Waals surface area (Å²) in [5.41, 5.74) is 7.78. The van der Waals surface area contributed by atoms with Crippen LogP contribution in [0.15, 0.2) is 54.2 Å². The predicted octanol–water partition coefficient (Wildman–Crippen LogP) is 2.37. The fraction of sp³-hybridized carbons (Fsp3) is 0.190. The summed E-state index contributed by atoms with van der Waals surface area (Å²) < 4.78 is 18.5. The van der Waals surface area contributed by atoms with Gasteiger partial charge in [0.05, 0.1) is 6.20 Å². The van der Waals surface area contributed by atoms with Crippen molar-refractivity contribution >= 4 is 17.1 Å². The third-order valence-corrected chi connectivity index (χ3v) is 5.28. The zero-order chi connectivity index (χ0) is 20.8. The smallest absolute Gasteiger partial charge is 0.309 e. The van der Waals surface area contributed by atoms with Crippen LogP contribution in [0.3, 0.4) is 0 Å². The molecule has 1 aromatic carbocycles. The van der Waals surface area contributed by atoms with E-state index >= 15 is 0 Å². The van der Waals surface area contributed by atoms with Gasteiger partial charge in [0.25, 0.3) is 0 Å². The summed E-state index contributed by atoms with van der Waals surface area (Å²) in [6.45, 7) is 0.806. The Hall–Kier alpha value is -4.21. The number of aryl methyl sites for hydroxylation is 1. The zero-order valence-electron chi connectivity index (χ0n) is 16.6. The van der Waals surface area contributed by atoms with Crippen LogP contribution in [0.25, 0.3) is 22.2 Å². The summed E-state index contributed by atoms with van der Waals surface area (Å²) in [4.78, 5) is 7.73. The first-order valence-corrected chi connectivity index (χ1v) is 9.81. The molecule has 0 saturated heterocycles. The Kier molecular flexibility index (Phi) is 3.95. The number of benzene rings is 1. The molecule has 5 heterocycles. The van der Waals surface area contributed by atoms with E-state index in [1.807, 2.05) is 50.0 Å². The second-order valence-corrected chi connectivity index (χ2v) is 7.35. The second-order valence-electron chi connectivity index (χ2n) is 7.35. The minimum Gasteiger partial charge on any atom is -0.454 e. The number of amidine groups is 1. The molecule has 1 atom stereocenters. The maximum atomic E-state index is 5.99. The molecule has 0 radical (unpaired) electrons. The van der Waals surface area contributed by atoms with E-state index in [0.29, 0.717) is 12.6 Å². The molecule has 4 aromatic rings. The van der Waals surface area contributed by atoms with Gasteiger partial charge in [0.2, 0.25) is 13.0 Å². The van der Waals surface area contributed by atoms with Crippen molar-refractivity contribution in [3.63, 3.8) is 0 Å². The first-order valence-electron chi connectivity index (χ1n) is 9.81. The molecule has 0 fully saturated rings. The summed E-state index contributed by atoms with van der Waals surface area (Å²) in [7, 11) is 1.89. The molecule has 6 rings (SSSR count). The fourth-order valence-corrected chi connectivity index (χ4v) is 3.69. The van der Waals surface area contributed by atoms with Gasteiger partial charge in [-0.3, -0.25) is 10.1 Å². The van der Waals surface area contributed by atoms with Crippen LogP contribution in [0.4, 0.5) is 0 Å². The van der Waals surface area contributed by atoms with Crippen molar-refractivity contribution in [3.05, 3.63) is 60.2 Å². The van der Waals surface area contributed by atoms with E-state index in [9.17, 15) is 0 Å². The normalized spacial score (nSPS) is 16.8. The SMILES string of the molecule is Cn1cc(-c2cnc3[nH]cc(C4NN=C(NCc5ccc6c(c5)OCO6)O4)c3c2)cn1. The van der Waals surface area contributed by atoms with Crippen molar-refractivity contribution in [2.45, 2.75) is 12.8 Å². The third kappa shape index (κ3) is 3.18. The molecule has 2 aliphatic heterocycles. The van der Waals surface area contributed by atoms with E-state index in [1.165, 1.54) is 0 Å². The van der Waals surface area contributed by atoms with Crippen LogP contribution in [0.2, 0.25) is 0 Å². The first kappa shape index (κ1) is 17.6. The topological polar surface area (TPSA) is 111 Å². The number of rotatable bonds is 4. The van der Waals surface area contributed by atoms with Crippen molar-refractivity contribution in [1.82, 2.24) is 30.5 Å². The van der Waals surface area contributed by atoms with E-state index in [4.69, 9.17) is 14.2 Å². The van der Waals surface area contributed by atoms with E-state index in [2.05, 4.69) is 37.0 Å². The molecular weight excluding hydrogens is 398 g/mol. The minimum absolute atomic E-state index is 0.260. The number of hydrogen-bond acceptors (Lipinski definition) is 8. The molecule has 0 aliphatic carbocycles. The van der Waals surface area contributed by atoms with Gasteiger partial charge in [0, 0.05) is 54.3 Å². The van der Waals surface area contributed by atoms with Crippen molar-refractivity contribution < 1.29 is 14.2 Å². The quantitative estimate of drug-likeness (QED) is 0.468. The highest BCUT2D eigenvalue weighted by Gasteiger charge is 2.25. The third-order valence-electron chi connectivity index (χ3n) is 5.28. The number of fused-ring (bicyclic) bond motifs is 2. The highest BCUT2D eigenvalue weighted by atomic mass is 16.7. The fourth-order valence-electron chi connectivity index (χ4n) is 3.69. The van der Waals surface area contributed by atoms with Gasteiger partial charge in [-0.1, -0.05) is 6.07 Å². The Morgan fingerprint density at radius 1 is 1.16 bits per heavy atom.